The van der Waals surface area contributed by atoms with E-state index in [1.807, 2.05) is 0 Å². The quantitative estimate of drug-likeness (QED) is 0.0681. The van der Waals surface area contributed by atoms with Crippen molar-refractivity contribution in [2.75, 3.05) is 11.9 Å². The Kier molecular flexibility index (Phi) is 19.5. The van der Waals surface area contributed by atoms with E-state index in [1.54, 1.807) is 20.8 Å². The fourth-order valence-corrected chi connectivity index (χ4v) is 4.81. The van der Waals surface area contributed by atoms with E-state index < -0.39 is 11.5 Å². The molecule has 0 spiro atoms. The summed E-state index contributed by atoms with van der Waals surface area (Å²) in [4.78, 5) is 34.2. The van der Waals surface area contributed by atoms with Gasteiger partial charge in [-0.15, -0.1) is 0 Å². The average Bonchev–Trinajstić information content (AvgIpc) is 2.97. The van der Waals surface area contributed by atoms with Crippen molar-refractivity contribution in [3.8, 4) is 5.75 Å². The van der Waals surface area contributed by atoms with E-state index in [9.17, 15) is 19.5 Å². The van der Waals surface area contributed by atoms with Crippen molar-refractivity contribution in [2.24, 2.45) is 0 Å². The van der Waals surface area contributed by atoms with Crippen LogP contribution in [0.5, 0.6) is 5.75 Å². The molecule has 1 amide bonds. The molecule has 2 N–H and O–H groups in total. The van der Waals surface area contributed by atoms with Crippen LogP contribution in [-0.2, 0) is 14.3 Å². The van der Waals surface area contributed by atoms with Gasteiger partial charge in [-0.1, -0.05) is 116 Å². The van der Waals surface area contributed by atoms with E-state index in [4.69, 9.17) is 9.15 Å². The molecule has 1 aromatic carbocycles. The van der Waals surface area contributed by atoms with E-state index in [0.717, 1.165) is 12.5 Å². The Morgan fingerprint density at radius 2 is 1.35 bits per heavy atom. The molecule has 43 heavy (non-hydrogen) atoms. The van der Waals surface area contributed by atoms with Crippen molar-refractivity contribution < 1.29 is 23.8 Å². The van der Waals surface area contributed by atoms with Crippen molar-refractivity contribution in [1.29, 1.82) is 0 Å². The van der Waals surface area contributed by atoms with Gasteiger partial charge in [-0.25, -0.2) is 9.59 Å². The van der Waals surface area contributed by atoms with Crippen LogP contribution >= 0.6 is 0 Å². The summed E-state index contributed by atoms with van der Waals surface area (Å²) in [5.41, 5.74) is 1.80. The number of rotatable bonds is 20. The molecule has 7 heteroatoms. The zero-order valence-electron chi connectivity index (χ0n) is 27.2. The van der Waals surface area contributed by atoms with Crippen LogP contribution < -0.4 is 10.9 Å². The van der Waals surface area contributed by atoms with Crippen LogP contribution in [-0.4, -0.2) is 23.6 Å². The summed E-state index contributed by atoms with van der Waals surface area (Å²) in [6.45, 7) is 14.9. The topological polar surface area (TPSA) is 106 Å². The molecule has 0 fully saturated rings. The second-order valence-corrected chi connectivity index (χ2v) is 11.4. The third-order valence-corrected chi connectivity index (χ3v) is 7.56. The Labute approximate surface area is 258 Å². The Bertz CT molecular complexity index is 1210. The van der Waals surface area contributed by atoms with Crippen molar-refractivity contribution in [3.63, 3.8) is 0 Å². The summed E-state index contributed by atoms with van der Waals surface area (Å²) in [5, 5.41) is 12.8. The molecule has 2 aromatic rings. The molecule has 7 nitrogen and oxygen atoms in total. The Morgan fingerprint density at radius 1 is 0.860 bits per heavy atom. The van der Waals surface area contributed by atoms with Gasteiger partial charge < -0.3 is 19.6 Å². The first-order valence-corrected chi connectivity index (χ1v) is 16.1. The molecule has 0 bridgehead atoms. The number of anilines is 1. The lowest BCUT2D eigenvalue weighted by Crippen LogP contribution is -2.10. The van der Waals surface area contributed by atoms with Gasteiger partial charge in [0.25, 0.3) is 0 Å². The summed E-state index contributed by atoms with van der Waals surface area (Å²) in [7, 11) is 0. The van der Waals surface area contributed by atoms with Crippen LogP contribution in [0.3, 0.4) is 0 Å². The maximum absolute atomic E-state index is 11.6. The van der Waals surface area contributed by atoms with Gasteiger partial charge in [0.2, 0.25) is 5.91 Å². The second kappa shape index (κ2) is 22.2. The van der Waals surface area contributed by atoms with Crippen molar-refractivity contribution >= 4 is 28.5 Å². The minimum atomic E-state index is -0.461. The third kappa shape index (κ3) is 15.6. The zero-order chi connectivity index (χ0) is 32.0. The predicted molar refractivity (Wildman–Crippen MR) is 178 cm³/mol. The predicted octanol–water partition coefficient (Wildman–Crippen LogP) is 9.61. The van der Waals surface area contributed by atoms with Crippen molar-refractivity contribution in [2.45, 2.75) is 130 Å². The van der Waals surface area contributed by atoms with Gasteiger partial charge in [-0.05, 0) is 38.8 Å². The average molecular weight is 598 g/mol. The number of aromatic hydroxyl groups is 1. The van der Waals surface area contributed by atoms with Gasteiger partial charge >= 0.3 is 11.6 Å². The standard InChI is InChI=1S/C22H42O2.C14H13NO4/c1-4-5-6-7-8-9-10-11-12-13-14-15-16-17-18-19-20-24-22(23)21(2)3;1-4-12(17)15-10-5-9(16)6-11-13(10)7(2)8(3)14(18)19-11/h2,4-20H2,1,3H3;4-6,16H,1H2,2-3H3,(H,15,17). The molecule has 0 aliphatic rings. The first-order chi connectivity index (χ1) is 20.6. The van der Waals surface area contributed by atoms with E-state index in [-0.39, 0.29) is 17.3 Å². The molecule has 0 aliphatic carbocycles. The number of fused-ring (bicyclic) bond motifs is 1. The molecule has 1 aromatic heterocycles. The number of ether oxygens (including phenoxy) is 1. The summed E-state index contributed by atoms with van der Waals surface area (Å²) < 4.78 is 10.2. The molecule has 2 rings (SSSR count). The fourth-order valence-electron chi connectivity index (χ4n) is 4.81. The number of benzene rings is 1. The summed E-state index contributed by atoms with van der Waals surface area (Å²) in [6.07, 6.45) is 22.9. The van der Waals surface area contributed by atoms with Gasteiger partial charge in [0.15, 0.2) is 0 Å². The second-order valence-electron chi connectivity index (χ2n) is 11.4. The lowest BCUT2D eigenvalue weighted by atomic mass is 10.0. The SMILES string of the molecule is C=C(C)C(=O)OCCCCCCCCCCCCCCCCCC.C=CC(=O)Nc1cc(O)cc2oc(=O)c(C)c(C)c12. The van der Waals surface area contributed by atoms with E-state index >= 15 is 0 Å². The highest BCUT2D eigenvalue weighted by molar-refractivity contribution is 6.06. The number of hydrogen-bond donors (Lipinski definition) is 2. The highest BCUT2D eigenvalue weighted by atomic mass is 16.5. The molecule has 240 valence electrons. The van der Waals surface area contributed by atoms with Crippen molar-refractivity contribution in [1.82, 2.24) is 0 Å². The van der Waals surface area contributed by atoms with E-state index in [0.29, 0.717) is 34.4 Å². The lowest BCUT2D eigenvalue weighted by Gasteiger charge is -2.11. The molecule has 0 aliphatic heterocycles. The maximum atomic E-state index is 11.6. The number of esters is 1. The molecular formula is C36H55NO6. The van der Waals surface area contributed by atoms with Gasteiger partial charge in [-0.3, -0.25) is 4.79 Å². The number of amides is 1. The molecule has 0 radical (unpaired) electrons. The minimum absolute atomic E-state index is 0.0988. The summed E-state index contributed by atoms with van der Waals surface area (Å²) in [6, 6.07) is 2.74. The number of carbonyl (C=O) groups excluding carboxylic acids is 2. The van der Waals surface area contributed by atoms with Gasteiger partial charge in [0.05, 0.1) is 12.3 Å². The lowest BCUT2D eigenvalue weighted by molar-refractivity contribution is -0.139. The molecular weight excluding hydrogens is 542 g/mol. The normalized spacial score (nSPS) is 10.6. The van der Waals surface area contributed by atoms with Crippen molar-refractivity contribution in [3.05, 3.63) is 58.5 Å². The fraction of sp³-hybridized carbons (Fsp3) is 0.583. The van der Waals surface area contributed by atoms with Gasteiger partial charge in [-0.2, -0.15) is 0 Å². The molecule has 0 saturated heterocycles. The van der Waals surface area contributed by atoms with E-state index in [1.165, 1.54) is 108 Å². The number of hydrogen-bond acceptors (Lipinski definition) is 6. The van der Waals surface area contributed by atoms with Gasteiger partial charge in [0, 0.05) is 28.7 Å². The van der Waals surface area contributed by atoms with Crippen LogP contribution in [0.25, 0.3) is 11.0 Å². The Balaban J connectivity index is 0.000000439. The molecule has 0 saturated carbocycles. The van der Waals surface area contributed by atoms with Crippen LogP contribution in [0.15, 0.2) is 46.2 Å². The summed E-state index contributed by atoms with van der Waals surface area (Å²) >= 11 is 0. The van der Waals surface area contributed by atoms with E-state index in [2.05, 4.69) is 25.4 Å². The number of aryl methyl sites for hydroxylation is 1. The highest BCUT2D eigenvalue weighted by Gasteiger charge is 2.14. The number of carbonyl (C=O) groups is 2. The zero-order valence-corrected chi connectivity index (χ0v) is 27.2. The van der Waals surface area contributed by atoms with Crippen LogP contribution in [0, 0.1) is 13.8 Å². The molecule has 0 atom stereocenters. The highest BCUT2D eigenvalue weighted by Crippen LogP contribution is 2.31. The molecule has 0 unspecified atom stereocenters. The first kappa shape index (κ1) is 37.7. The first-order valence-electron chi connectivity index (χ1n) is 16.1. The Hall–Kier alpha value is -3.35. The number of phenolic OH excluding ortho intramolecular Hbond substituents is 1. The third-order valence-electron chi connectivity index (χ3n) is 7.56. The summed E-state index contributed by atoms with van der Waals surface area (Å²) in [5.74, 6) is -0.760. The van der Waals surface area contributed by atoms with Crippen LogP contribution in [0.4, 0.5) is 5.69 Å². The minimum Gasteiger partial charge on any atom is -0.508 e. The maximum Gasteiger partial charge on any atom is 0.339 e. The monoisotopic (exact) mass is 597 g/mol. The van der Waals surface area contributed by atoms with Crippen LogP contribution in [0.2, 0.25) is 0 Å². The number of unbranched alkanes of at least 4 members (excludes halogenated alkanes) is 15. The smallest absolute Gasteiger partial charge is 0.339 e. The van der Waals surface area contributed by atoms with Gasteiger partial charge in [0.1, 0.15) is 11.3 Å². The number of phenols is 1. The van der Waals surface area contributed by atoms with Crippen LogP contribution in [0.1, 0.15) is 128 Å². The number of nitrogens with one attached hydrogen (secondary N) is 1. The molecule has 1 heterocycles. The largest absolute Gasteiger partial charge is 0.508 e. The Morgan fingerprint density at radius 3 is 1.81 bits per heavy atom.